The minimum Gasteiger partial charge on any atom is -0.478 e. The molecule has 13 heavy (non-hydrogen) atoms. The van der Waals surface area contributed by atoms with Crippen molar-refractivity contribution in [3.63, 3.8) is 0 Å². The smallest absolute Gasteiger partial charge is 0.338 e. The van der Waals surface area contributed by atoms with Gasteiger partial charge in [0, 0.05) is 12.3 Å². The van der Waals surface area contributed by atoms with E-state index in [9.17, 15) is 4.79 Å². The molecule has 6 nitrogen and oxygen atoms in total. The van der Waals surface area contributed by atoms with Crippen molar-refractivity contribution in [1.82, 2.24) is 20.0 Å². The molecule has 0 aliphatic rings. The van der Waals surface area contributed by atoms with Crippen molar-refractivity contribution in [3.05, 3.63) is 30.2 Å². The highest BCUT2D eigenvalue weighted by atomic mass is 16.4. The fourth-order valence-corrected chi connectivity index (χ4v) is 0.941. The van der Waals surface area contributed by atoms with Gasteiger partial charge in [-0.05, 0) is 0 Å². The lowest BCUT2D eigenvalue weighted by Crippen LogP contribution is -1.95. The molecule has 0 fully saturated rings. The summed E-state index contributed by atoms with van der Waals surface area (Å²) in [5.74, 6) is -0.363. The average molecular weight is 178 g/mol. The molecule has 0 aliphatic heterocycles. The number of carbonyl (C=O) groups is 1. The molecule has 0 spiro atoms. The zero-order valence-electron chi connectivity index (χ0n) is 6.51. The number of hydrogen-bond acceptors (Lipinski definition) is 3. The molecule has 66 valence electrons. The summed E-state index contributed by atoms with van der Waals surface area (Å²) in [5, 5.41) is 18.8. The van der Waals surface area contributed by atoms with Gasteiger partial charge in [0.25, 0.3) is 0 Å². The Bertz CT molecular complexity index is 417. The molecule has 2 heterocycles. The number of aromatic carboxylic acids is 1. The Morgan fingerprint density at radius 3 is 3.00 bits per heavy atom. The first-order chi connectivity index (χ1) is 6.27. The highest BCUT2D eigenvalue weighted by molar-refractivity contribution is 5.86. The molecule has 0 radical (unpaired) electrons. The molecule has 2 rings (SSSR count). The second-order valence-corrected chi connectivity index (χ2v) is 2.42. The van der Waals surface area contributed by atoms with Crippen LogP contribution >= 0.6 is 0 Å². The Morgan fingerprint density at radius 1 is 1.62 bits per heavy atom. The zero-order valence-corrected chi connectivity index (χ0v) is 6.51. The number of aromatic amines is 1. The number of H-pyrrole nitrogens is 1. The highest BCUT2D eigenvalue weighted by Crippen LogP contribution is 2.03. The van der Waals surface area contributed by atoms with Gasteiger partial charge in [0.2, 0.25) is 0 Å². The van der Waals surface area contributed by atoms with Crippen molar-refractivity contribution in [3.8, 4) is 5.82 Å². The first-order valence-corrected chi connectivity index (χ1v) is 3.55. The quantitative estimate of drug-likeness (QED) is 0.692. The van der Waals surface area contributed by atoms with E-state index in [1.165, 1.54) is 17.1 Å². The molecule has 0 saturated heterocycles. The Morgan fingerprint density at radius 2 is 2.46 bits per heavy atom. The van der Waals surface area contributed by atoms with Gasteiger partial charge in [-0.2, -0.15) is 10.2 Å². The van der Waals surface area contributed by atoms with Crippen molar-refractivity contribution in [2.75, 3.05) is 0 Å². The van der Waals surface area contributed by atoms with Gasteiger partial charge in [0.1, 0.15) is 5.82 Å². The van der Waals surface area contributed by atoms with Crippen LogP contribution in [0.2, 0.25) is 0 Å². The fraction of sp³-hybridized carbons (Fsp3) is 0. The molecular formula is C7H6N4O2. The van der Waals surface area contributed by atoms with Crippen LogP contribution in [0.4, 0.5) is 0 Å². The minimum atomic E-state index is -0.995. The average Bonchev–Trinajstić information content (AvgIpc) is 2.75. The maximum atomic E-state index is 10.5. The second kappa shape index (κ2) is 2.74. The van der Waals surface area contributed by atoms with Crippen LogP contribution in [0.3, 0.4) is 0 Å². The number of nitrogens with one attached hydrogen (secondary N) is 1. The molecule has 0 bridgehead atoms. The third kappa shape index (κ3) is 1.28. The van der Waals surface area contributed by atoms with Crippen LogP contribution < -0.4 is 0 Å². The topological polar surface area (TPSA) is 83.8 Å². The Kier molecular flexibility index (Phi) is 1.59. The summed E-state index contributed by atoms with van der Waals surface area (Å²) in [6.07, 6.45) is 4.26. The van der Waals surface area contributed by atoms with E-state index in [0.717, 1.165) is 0 Å². The molecule has 0 amide bonds. The molecule has 2 N–H and O–H groups in total. The van der Waals surface area contributed by atoms with Gasteiger partial charge >= 0.3 is 5.97 Å². The van der Waals surface area contributed by atoms with Gasteiger partial charge in [-0.25, -0.2) is 9.48 Å². The van der Waals surface area contributed by atoms with Crippen LogP contribution in [-0.2, 0) is 0 Å². The van der Waals surface area contributed by atoms with Gasteiger partial charge in [-0.15, -0.1) is 0 Å². The summed E-state index contributed by atoms with van der Waals surface area (Å²) >= 11 is 0. The number of carboxylic acids is 1. The molecule has 6 heteroatoms. The van der Waals surface area contributed by atoms with Gasteiger partial charge < -0.3 is 5.11 Å². The summed E-state index contributed by atoms with van der Waals surface area (Å²) in [7, 11) is 0. The third-order valence-electron chi connectivity index (χ3n) is 1.56. The number of aromatic nitrogens is 4. The van der Waals surface area contributed by atoms with E-state index >= 15 is 0 Å². The van der Waals surface area contributed by atoms with E-state index in [1.54, 1.807) is 12.3 Å². The summed E-state index contributed by atoms with van der Waals surface area (Å²) in [6.45, 7) is 0. The van der Waals surface area contributed by atoms with Gasteiger partial charge in [-0.3, -0.25) is 5.10 Å². The van der Waals surface area contributed by atoms with Gasteiger partial charge in [-0.1, -0.05) is 0 Å². The van der Waals surface area contributed by atoms with E-state index in [1.807, 2.05) is 0 Å². The SMILES string of the molecule is O=C(O)c1cnn(-c2ccn[nH]2)c1. The van der Waals surface area contributed by atoms with Crippen molar-refractivity contribution >= 4 is 5.97 Å². The summed E-state index contributed by atoms with van der Waals surface area (Å²) in [4.78, 5) is 10.5. The molecule has 0 atom stereocenters. The fourth-order valence-electron chi connectivity index (χ4n) is 0.941. The normalized spacial score (nSPS) is 10.2. The largest absolute Gasteiger partial charge is 0.478 e. The molecule has 0 aromatic carbocycles. The molecular weight excluding hydrogens is 172 g/mol. The number of rotatable bonds is 2. The van der Waals surface area contributed by atoms with Crippen LogP contribution in [0.15, 0.2) is 24.7 Å². The van der Waals surface area contributed by atoms with E-state index in [0.29, 0.717) is 5.82 Å². The lowest BCUT2D eigenvalue weighted by Gasteiger charge is -1.92. The van der Waals surface area contributed by atoms with Crippen LogP contribution in [-0.4, -0.2) is 31.1 Å². The maximum absolute atomic E-state index is 10.5. The predicted octanol–water partition coefficient (Wildman–Crippen LogP) is 0.294. The third-order valence-corrected chi connectivity index (χ3v) is 1.56. The molecule has 2 aromatic rings. The van der Waals surface area contributed by atoms with E-state index < -0.39 is 5.97 Å². The van der Waals surface area contributed by atoms with Crippen molar-refractivity contribution < 1.29 is 9.90 Å². The predicted molar refractivity (Wildman–Crippen MR) is 42.7 cm³/mol. The van der Waals surface area contributed by atoms with Crippen LogP contribution in [0.25, 0.3) is 5.82 Å². The van der Waals surface area contributed by atoms with E-state index in [-0.39, 0.29) is 5.56 Å². The number of carboxylic acid groups (broad SMARTS) is 1. The first-order valence-electron chi connectivity index (χ1n) is 3.55. The zero-order chi connectivity index (χ0) is 9.26. The molecule has 0 saturated carbocycles. The Labute approximate surface area is 72.8 Å². The lowest BCUT2D eigenvalue weighted by atomic mass is 10.4. The highest BCUT2D eigenvalue weighted by Gasteiger charge is 2.06. The molecule has 2 aromatic heterocycles. The summed E-state index contributed by atoms with van der Waals surface area (Å²) in [6, 6.07) is 1.69. The van der Waals surface area contributed by atoms with Crippen molar-refractivity contribution in [2.24, 2.45) is 0 Å². The van der Waals surface area contributed by atoms with Crippen LogP contribution in [0.1, 0.15) is 10.4 Å². The second-order valence-electron chi connectivity index (χ2n) is 2.42. The summed E-state index contributed by atoms with van der Waals surface area (Å²) < 4.78 is 1.41. The van der Waals surface area contributed by atoms with E-state index in [2.05, 4.69) is 15.3 Å². The molecule has 0 aliphatic carbocycles. The Balaban J connectivity index is 2.39. The standard InChI is InChI=1S/C7H6N4O2/c12-7(13)5-3-9-11(4-5)6-1-2-8-10-6/h1-4H,(H,8,10)(H,12,13). The maximum Gasteiger partial charge on any atom is 0.338 e. The summed E-state index contributed by atoms with van der Waals surface area (Å²) in [5.41, 5.74) is 0.148. The van der Waals surface area contributed by atoms with Crippen molar-refractivity contribution in [1.29, 1.82) is 0 Å². The van der Waals surface area contributed by atoms with Gasteiger partial charge in [0.05, 0.1) is 18.0 Å². The van der Waals surface area contributed by atoms with Crippen LogP contribution in [0.5, 0.6) is 0 Å². The number of hydrogen-bond donors (Lipinski definition) is 2. The van der Waals surface area contributed by atoms with Crippen LogP contribution in [0, 0.1) is 0 Å². The lowest BCUT2D eigenvalue weighted by molar-refractivity contribution is 0.0697. The van der Waals surface area contributed by atoms with E-state index in [4.69, 9.17) is 5.11 Å². The monoisotopic (exact) mass is 178 g/mol. The van der Waals surface area contributed by atoms with Gasteiger partial charge in [0.15, 0.2) is 0 Å². The molecule has 0 unspecified atom stereocenters. The Hall–Kier alpha value is -2.11. The number of nitrogens with zero attached hydrogens (tertiary/aromatic N) is 3. The first kappa shape index (κ1) is 7.53. The minimum absolute atomic E-state index is 0.148. The van der Waals surface area contributed by atoms with Crippen molar-refractivity contribution in [2.45, 2.75) is 0 Å².